The second-order valence-corrected chi connectivity index (χ2v) is 5.05. The fourth-order valence-corrected chi connectivity index (χ4v) is 2.41. The normalized spacial score (nSPS) is 11.0. The second kappa shape index (κ2) is 6.83. The van der Waals surface area contributed by atoms with E-state index in [9.17, 15) is 4.79 Å². The molecule has 4 nitrogen and oxygen atoms in total. The molecule has 0 aliphatic heterocycles. The fourth-order valence-electron chi connectivity index (χ4n) is 2.41. The third-order valence-corrected chi connectivity index (χ3v) is 3.54. The van der Waals surface area contributed by atoms with E-state index in [0.29, 0.717) is 0 Å². The maximum atomic E-state index is 11.9. The van der Waals surface area contributed by atoms with Gasteiger partial charge in [-0.15, -0.1) is 0 Å². The molecule has 0 fully saturated rings. The van der Waals surface area contributed by atoms with Crippen molar-refractivity contribution in [3.8, 4) is 5.75 Å². The van der Waals surface area contributed by atoms with Gasteiger partial charge in [0.1, 0.15) is 12.4 Å². The Labute approximate surface area is 134 Å². The molecule has 0 amide bonds. The van der Waals surface area contributed by atoms with Gasteiger partial charge in [0.15, 0.2) is 0 Å². The Bertz CT molecular complexity index is 834. The monoisotopic (exact) mass is 307 g/mol. The summed E-state index contributed by atoms with van der Waals surface area (Å²) >= 11 is 0. The Balaban J connectivity index is 1.71. The van der Waals surface area contributed by atoms with Gasteiger partial charge < -0.3 is 14.5 Å². The largest absolute Gasteiger partial charge is 0.496 e. The molecule has 1 N–H and O–H groups in total. The van der Waals surface area contributed by atoms with Crippen LogP contribution < -0.4 is 4.74 Å². The van der Waals surface area contributed by atoms with E-state index in [0.717, 1.165) is 27.8 Å². The third kappa shape index (κ3) is 3.43. The van der Waals surface area contributed by atoms with Crippen molar-refractivity contribution in [2.45, 2.75) is 6.61 Å². The Morgan fingerprint density at radius 2 is 1.96 bits per heavy atom. The van der Waals surface area contributed by atoms with Crippen LogP contribution in [0.5, 0.6) is 5.75 Å². The highest BCUT2D eigenvalue weighted by atomic mass is 16.5. The van der Waals surface area contributed by atoms with Crippen molar-refractivity contribution in [3.05, 3.63) is 71.9 Å². The van der Waals surface area contributed by atoms with E-state index in [2.05, 4.69) is 4.98 Å². The van der Waals surface area contributed by atoms with Crippen LogP contribution in [-0.4, -0.2) is 18.1 Å². The maximum absolute atomic E-state index is 11.9. The summed E-state index contributed by atoms with van der Waals surface area (Å²) in [6, 6.07) is 15.4. The van der Waals surface area contributed by atoms with Gasteiger partial charge in [-0.2, -0.15) is 0 Å². The Hall–Kier alpha value is -3.01. The number of carbonyl (C=O) groups is 1. The molecule has 2 aromatic carbocycles. The van der Waals surface area contributed by atoms with Crippen LogP contribution in [-0.2, 0) is 16.1 Å². The molecule has 3 rings (SSSR count). The summed E-state index contributed by atoms with van der Waals surface area (Å²) in [4.78, 5) is 15.0. The molecule has 116 valence electrons. The van der Waals surface area contributed by atoms with Gasteiger partial charge in [0.05, 0.1) is 7.11 Å². The molecule has 0 spiro atoms. The summed E-state index contributed by atoms with van der Waals surface area (Å²) in [6.07, 6.45) is 5.00. The molecule has 3 aromatic rings. The van der Waals surface area contributed by atoms with Crippen LogP contribution in [0.4, 0.5) is 0 Å². The zero-order valence-corrected chi connectivity index (χ0v) is 12.8. The number of carbonyl (C=O) groups excluding carboxylic acids is 1. The van der Waals surface area contributed by atoms with E-state index in [1.165, 1.54) is 6.08 Å². The maximum Gasteiger partial charge on any atom is 0.331 e. The molecular weight excluding hydrogens is 290 g/mol. The molecule has 0 aliphatic rings. The van der Waals surface area contributed by atoms with Gasteiger partial charge in [-0.3, -0.25) is 0 Å². The molecule has 4 heteroatoms. The van der Waals surface area contributed by atoms with E-state index in [-0.39, 0.29) is 12.6 Å². The average Bonchev–Trinajstić information content (AvgIpc) is 3.02. The van der Waals surface area contributed by atoms with Crippen molar-refractivity contribution >= 4 is 22.9 Å². The number of H-pyrrole nitrogens is 1. The summed E-state index contributed by atoms with van der Waals surface area (Å²) in [6.45, 7) is 0.265. The highest BCUT2D eigenvalue weighted by molar-refractivity contribution is 5.97. The predicted molar refractivity (Wildman–Crippen MR) is 90.1 cm³/mol. The number of hydrogen-bond donors (Lipinski definition) is 1. The van der Waals surface area contributed by atoms with Crippen molar-refractivity contribution in [3.63, 3.8) is 0 Å². The van der Waals surface area contributed by atoms with Crippen molar-refractivity contribution in [1.29, 1.82) is 0 Å². The quantitative estimate of drug-likeness (QED) is 0.574. The van der Waals surface area contributed by atoms with Crippen LogP contribution >= 0.6 is 0 Å². The average molecular weight is 307 g/mol. The number of hydrogen-bond acceptors (Lipinski definition) is 3. The van der Waals surface area contributed by atoms with Crippen molar-refractivity contribution in [2.24, 2.45) is 0 Å². The van der Waals surface area contributed by atoms with Crippen LogP contribution in [0.2, 0.25) is 0 Å². The second-order valence-electron chi connectivity index (χ2n) is 5.05. The third-order valence-electron chi connectivity index (χ3n) is 3.54. The fraction of sp³-hybridized carbons (Fsp3) is 0.105. The van der Waals surface area contributed by atoms with Gasteiger partial charge in [-0.1, -0.05) is 36.4 Å². The highest BCUT2D eigenvalue weighted by Crippen LogP contribution is 2.29. The van der Waals surface area contributed by atoms with Crippen molar-refractivity contribution in [1.82, 2.24) is 4.98 Å². The molecule has 0 atom stereocenters. The molecule has 0 saturated heterocycles. The number of benzene rings is 2. The van der Waals surface area contributed by atoms with Crippen molar-refractivity contribution < 1.29 is 14.3 Å². The van der Waals surface area contributed by atoms with Crippen LogP contribution in [0.3, 0.4) is 0 Å². The topological polar surface area (TPSA) is 51.3 Å². The van der Waals surface area contributed by atoms with Gasteiger partial charge >= 0.3 is 5.97 Å². The number of rotatable bonds is 5. The lowest BCUT2D eigenvalue weighted by Crippen LogP contribution is -2.00. The summed E-state index contributed by atoms with van der Waals surface area (Å²) in [5, 5.41) is 0.946. The lowest BCUT2D eigenvalue weighted by Gasteiger charge is -2.03. The summed E-state index contributed by atoms with van der Waals surface area (Å²) in [7, 11) is 1.63. The van der Waals surface area contributed by atoms with E-state index in [1.807, 2.05) is 54.7 Å². The SMILES string of the molecule is COc1cccc2[nH]cc(/C=C/C(=O)OCc3ccccc3)c12. The Morgan fingerprint density at radius 1 is 1.13 bits per heavy atom. The number of aromatic nitrogens is 1. The Kier molecular flexibility index (Phi) is 4.43. The molecule has 0 saturated carbocycles. The first-order valence-corrected chi connectivity index (χ1v) is 7.31. The van der Waals surface area contributed by atoms with E-state index >= 15 is 0 Å². The van der Waals surface area contributed by atoms with Crippen LogP contribution in [0.25, 0.3) is 17.0 Å². The van der Waals surface area contributed by atoms with Gasteiger partial charge in [0.25, 0.3) is 0 Å². The molecule has 0 radical (unpaired) electrons. The summed E-state index contributed by atoms with van der Waals surface area (Å²) < 4.78 is 10.6. The first kappa shape index (κ1) is 14.9. The van der Waals surface area contributed by atoms with Gasteiger partial charge in [-0.25, -0.2) is 4.79 Å². The zero-order chi connectivity index (χ0) is 16.1. The van der Waals surface area contributed by atoms with Crippen LogP contribution in [0, 0.1) is 0 Å². The summed E-state index contributed by atoms with van der Waals surface area (Å²) in [5.41, 5.74) is 2.80. The van der Waals surface area contributed by atoms with Crippen molar-refractivity contribution in [2.75, 3.05) is 7.11 Å². The number of nitrogens with one attached hydrogen (secondary N) is 1. The molecule has 0 aliphatic carbocycles. The Morgan fingerprint density at radius 3 is 2.74 bits per heavy atom. The minimum absolute atomic E-state index is 0.265. The van der Waals surface area contributed by atoms with Gasteiger partial charge in [-0.05, 0) is 23.8 Å². The molecule has 0 bridgehead atoms. The number of aromatic amines is 1. The molecular formula is C19H17NO3. The number of ether oxygens (including phenoxy) is 2. The van der Waals surface area contributed by atoms with Gasteiger partial charge in [0, 0.05) is 28.7 Å². The zero-order valence-electron chi connectivity index (χ0n) is 12.8. The lowest BCUT2D eigenvalue weighted by atomic mass is 10.1. The first-order valence-electron chi connectivity index (χ1n) is 7.31. The minimum Gasteiger partial charge on any atom is -0.496 e. The summed E-state index contributed by atoms with van der Waals surface area (Å²) in [5.74, 6) is 0.388. The van der Waals surface area contributed by atoms with Crippen LogP contribution in [0.1, 0.15) is 11.1 Å². The number of esters is 1. The highest BCUT2D eigenvalue weighted by Gasteiger charge is 2.07. The standard InChI is InChI=1S/C19H17NO3/c1-22-17-9-5-8-16-19(17)15(12-20-16)10-11-18(21)23-13-14-6-3-2-4-7-14/h2-12,20H,13H2,1H3/b11-10+. The van der Waals surface area contributed by atoms with E-state index in [1.54, 1.807) is 13.2 Å². The van der Waals surface area contributed by atoms with E-state index < -0.39 is 0 Å². The molecule has 23 heavy (non-hydrogen) atoms. The smallest absolute Gasteiger partial charge is 0.331 e. The molecule has 1 heterocycles. The lowest BCUT2D eigenvalue weighted by molar-refractivity contribution is -0.138. The molecule has 1 aromatic heterocycles. The van der Waals surface area contributed by atoms with Crippen LogP contribution in [0.15, 0.2) is 60.8 Å². The predicted octanol–water partition coefficient (Wildman–Crippen LogP) is 3.93. The number of fused-ring (bicyclic) bond motifs is 1. The van der Waals surface area contributed by atoms with E-state index in [4.69, 9.17) is 9.47 Å². The minimum atomic E-state index is -0.377. The number of methoxy groups -OCH3 is 1. The van der Waals surface area contributed by atoms with Gasteiger partial charge in [0.2, 0.25) is 0 Å². The first-order chi connectivity index (χ1) is 11.3. The molecule has 0 unspecified atom stereocenters.